The van der Waals surface area contributed by atoms with Gasteiger partial charge < -0.3 is 14.5 Å². The van der Waals surface area contributed by atoms with Gasteiger partial charge in [0.2, 0.25) is 0 Å². The van der Waals surface area contributed by atoms with Crippen LogP contribution in [0.25, 0.3) is 33.1 Å². The Hall–Kier alpha value is -2.27. The molecule has 23 heavy (non-hydrogen) atoms. The predicted octanol–water partition coefficient (Wildman–Crippen LogP) is 3.59. The zero-order valence-corrected chi connectivity index (χ0v) is 12.8. The number of hydrogen-bond acceptors (Lipinski definition) is 3. The second kappa shape index (κ2) is 5.42. The maximum atomic E-state index is 9.42. The van der Waals surface area contributed by atoms with E-state index in [9.17, 15) is 10.0 Å². The number of furan rings is 1. The zero-order valence-electron chi connectivity index (χ0n) is 12.0. The van der Waals surface area contributed by atoms with Gasteiger partial charge >= 0.3 is 7.12 Å². The Kier molecular flexibility index (Phi) is 3.38. The second-order valence-corrected chi connectivity index (χ2v) is 5.86. The summed E-state index contributed by atoms with van der Waals surface area (Å²) in [5, 5.41) is 21.4. The van der Waals surface area contributed by atoms with Crippen LogP contribution in [-0.4, -0.2) is 17.2 Å². The molecule has 0 saturated heterocycles. The first-order valence-electron chi connectivity index (χ1n) is 7.21. The summed E-state index contributed by atoms with van der Waals surface area (Å²) in [6.07, 6.45) is 0. The van der Waals surface area contributed by atoms with Gasteiger partial charge in [-0.2, -0.15) is 0 Å². The highest BCUT2D eigenvalue weighted by Gasteiger charge is 2.16. The van der Waals surface area contributed by atoms with E-state index in [0.29, 0.717) is 10.5 Å². The maximum absolute atomic E-state index is 9.42. The lowest BCUT2D eigenvalue weighted by Gasteiger charge is -2.07. The molecule has 4 rings (SSSR count). The molecule has 0 fully saturated rings. The lowest BCUT2D eigenvalue weighted by atomic mass is 9.79. The van der Waals surface area contributed by atoms with Crippen molar-refractivity contribution in [3.05, 3.63) is 65.7 Å². The highest BCUT2D eigenvalue weighted by molar-refractivity contribution is 6.59. The molecule has 0 saturated carbocycles. The van der Waals surface area contributed by atoms with Crippen molar-refractivity contribution in [3.8, 4) is 11.1 Å². The molecule has 0 bridgehead atoms. The van der Waals surface area contributed by atoms with E-state index < -0.39 is 7.12 Å². The van der Waals surface area contributed by atoms with E-state index in [4.69, 9.17) is 16.0 Å². The van der Waals surface area contributed by atoms with Gasteiger partial charge in [0.15, 0.2) is 0 Å². The van der Waals surface area contributed by atoms with Crippen molar-refractivity contribution in [2.45, 2.75) is 0 Å². The molecular formula is C18H12BClO3. The van der Waals surface area contributed by atoms with E-state index in [1.165, 1.54) is 6.07 Å². The van der Waals surface area contributed by atoms with Crippen LogP contribution in [0.3, 0.4) is 0 Å². The standard InChI is InChI=1S/C18H12BClO3/c20-13-9-11(8-12(10-13)19(21)22)14-5-3-6-16-15-4-1-2-7-17(15)23-18(14)16/h1-10,21-22H. The van der Waals surface area contributed by atoms with Gasteiger partial charge in [-0.15, -0.1) is 0 Å². The van der Waals surface area contributed by atoms with E-state index in [-0.39, 0.29) is 0 Å². The summed E-state index contributed by atoms with van der Waals surface area (Å²) in [5.41, 5.74) is 3.57. The minimum Gasteiger partial charge on any atom is -0.455 e. The fraction of sp³-hybridized carbons (Fsp3) is 0. The third kappa shape index (κ3) is 2.41. The maximum Gasteiger partial charge on any atom is 0.488 e. The van der Waals surface area contributed by atoms with Crippen LogP contribution in [0.15, 0.2) is 65.1 Å². The monoisotopic (exact) mass is 322 g/mol. The fourth-order valence-corrected chi connectivity index (χ4v) is 3.13. The topological polar surface area (TPSA) is 53.6 Å². The summed E-state index contributed by atoms with van der Waals surface area (Å²) in [6.45, 7) is 0. The van der Waals surface area contributed by atoms with Crippen LogP contribution < -0.4 is 5.46 Å². The van der Waals surface area contributed by atoms with E-state index in [2.05, 4.69) is 0 Å². The highest BCUT2D eigenvalue weighted by atomic mass is 35.5. The average molecular weight is 323 g/mol. The van der Waals surface area contributed by atoms with Crippen molar-refractivity contribution in [3.63, 3.8) is 0 Å². The second-order valence-electron chi connectivity index (χ2n) is 5.43. The van der Waals surface area contributed by atoms with E-state index >= 15 is 0 Å². The molecule has 1 heterocycles. The molecule has 0 radical (unpaired) electrons. The first kappa shape index (κ1) is 14.3. The van der Waals surface area contributed by atoms with Crippen molar-refractivity contribution in [1.29, 1.82) is 0 Å². The lowest BCUT2D eigenvalue weighted by Crippen LogP contribution is -2.29. The molecule has 0 atom stereocenters. The van der Waals surface area contributed by atoms with Gasteiger partial charge in [0, 0.05) is 21.4 Å². The summed E-state index contributed by atoms with van der Waals surface area (Å²) in [7, 11) is -1.57. The smallest absolute Gasteiger partial charge is 0.455 e. The Balaban J connectivity index is 2.03. The number of fused-ring (bicyclic) bond motifs is 3. The number of para-hydroxylation sites is 2. The van der Waals surface area contributed by atoms with Crippen molar-refractivity contribution in [2.75, 3.05) is 0 Å². The van der Waals surface area contributed by atoms with Crippen molar-refractivity contribution in [2.24, 2.45) is 0 Å². The summed E-state index contributed by atoms with van der Waals surface area (Å²) < 4.78 is 6.01. The first-order valence-corrected chi connectivity index (χ1v) is 7.58. The summed E-state index contributed by atoms with van der Waals surface area (Å²) in [4.78, 5) is 0. The molecule has 112 valence electrons. The lowest BCUT2D eigenvalue weighted by molar-refractivity contribution is 0.426. The molecule has 0 aliphatic heterocycles. The molecule has 4 aromatic rings. The summed E-state index contributed by atoms with van der Waals surface area (Å²) >= 11 is 6.12. The Labute approximate surface area is 137 Å². The van der Waals surface area contributed by atoms with Gasteiger partial charge in [-0.25, -0.2) is 0 Å². The van der Waals surface area contributed by atoms with E-state index in [1.54, 1.807) is 12.1 Å². The van der Waals surface area contributed by atoms with Crippen LogP contribution in [0, 0.1) is 0 Å². The van der Waals surface area contributed by atoms with Gasteiger partial charge in [-0.3, -0.25) is 0 Å². The highest BCUT2D eigenvalue weighted by Crippen LogP contribution is 2.35. The molecule has 1 aromatic heterocycles. The van der Waals surface area contributed by atoms with Crippen molar-refractivity contribution >= 4 is 46.1 Å². The zero-order chi connectivity index (χ0) is 16.0. The normalized spacial score (nSPS) is 11.3. The van der Waals surface area contributed by atoms with Gasteiger partial charge in [0.05, 0.1) is 0 Å². The summed E-state index contributed by atoms with van der Waals surface area (Å²) in [5.74, 6) is 0. The molecular weight excluding hydrogens is 310 g/mol. The van der Waals surface area contributed by atoms with Gasteiger partial charge in [-0.1, -0.05) is 54.1 Å². The van der Waals surface area contributed by atoms with Crippen molar-refractivity contribution < 1.29 is 14.5 Å². The van der Waals surface area contributed by atoms with Gasteiger partial charge in [0.1, 0.15) is 11.2 Å². The number of benzene rings is 3. The molecule has 5 heteroatoms. The van der Waals surface area contributed by atoms with E-state index in [1.807, 2.05) is 42.5 Å². The number of halogens is 1. The largest absolute Gasteiger partial charge is 0.488 e. The quantitative estimate of drug-likeness (QED) is 0.555. The van der Waals surface area contributed by atoms with Crippen LogP contribution >= 0.6 is 11.6 Å². The molecule has 0 spiro atoms. The molecule has 0 aliphatic carbocycles. The molecule has 3 nitrogen and oxygen atoms in total. The molecule has 0 amide bonds. The van der Waals surface area contributed by atoms with Crippen molar-refractivity contribution in [1.82, 2.24) is 0 Å². The van der Waals surface area contributed by atoms with Crippen LogP contribution in [0.2, 0.25) is 5.02 Å². The van der Waals surface area contributed by atoms with Gasteiger partial charge in [0.25, 0.3) is 0 Å². The average Bonchev–Trinajstić information content (AvgIpc) is 2.92. The Morgan fingerprint density at radius 1 is 0.870 bits per heavy atom. The fourth-order valence-electron chi connectivity index (χ4n) is 2.89. The summed E-state index contributed by atoms with van der Waals surface area (Å²) in [6, 6.07) is 18.8. The minimum atomic E-state index is -1.57. The number of hydrogen-bond donors (Lipinski definition) is 2. The molecule has 0 aliphatic rings. The Morgan fingerprint density at radius 3 is 2.48 bits per heavy atom. The minimum absolute atomic E-state index is 0.348. The van der Waals surface area contributed by atoms with E-state index in [0.717, 1.165) is 33.1 Å². The van der Waals surface area contributed by atoms with Crippen LogP contribution in [0.1, 0.15) is 0 Å². The van der Waals surface area contributed by atoms with Crippen LogP contribution in [-0.2, 0) is 0 Å². The van der Waals surface area contributed by atoms with Crippen LogP contribution in [0.5, 0.6) is 0 Å². The first-order chi connectivity index (χ1) is 11.1. The SMILES string of the molecule is OB(O)c1cc(Cl)cc(-c2cccc3c2oc2ccccc23)c1. The third-order valence-electron chi connectivity index (χ3n) is 3.93. The third-order valence-corrected chi connectivity index (χ3v) is 4.15. The molecule has 3 aromatic carbocycles. The predicted molar refractivity (Wildman–Crippen MR) is 94.0 cm³/mol. The molecule has 0 unspecified atom stereocenters. The Morgan fingerprint density at radius 2 is 1.65 bits per heavy atom. The molecule has 2 N–H and O–H groups in total. The number of rotatable bonds is 2. The van der Waals surface area contributed by atoms with Crippen LogP contribution in [0.4, 0.5) is 0 Å². The van der Waals surface area contributed by atoms with Gasteiger partial charge in [-0.05, 0) is 29.2 Å². The Bertz CT molecular complexity index is 1020.